The lowest BCUT2D eigenvalue weighted by atomic mass is 10.0. The van der Waals surface area contributed by atoms with E-state index < -0.39 is 13.9 Å². The molecular weight excluding hydrogens is 330 g/mol. The second-order valence-electron chi connectivity index (χ2n) is 8.16. The summed E-state index contributed by atoms with van der Waals surface area (Å²) in [7, 11) is -1.89. The number of aliphatic hydroxyl groups is 1. The van der Waals surface area contributed by atoms with Crippen molar-refractivity contribution in [3.8, 4) is 0 Å². The van der Waals surface area contributed by atoms with Crippen molar-refractivity contribution in [2.45, 2.75) is 50.6 Å². The molecule has 0 fully saturated rings. The van der Waals surface area contributed by atoms with Gasteiger partial charge in [-0.25, -0.2) is 0 Å². The Hall–Kier alpha value is -1.27. The maximum Gasteiger partial charge on any atom is 0.192 e. The molecule has 2 atom stereocenters. The van der Waals surface area contributed by atoms with Gasteiger partial charge in [0.2, 0.25) is 0 Å². The normalized spacial score (nSPS) is 22.2. The summed E-state index contributed by atoms with van der Waals surface area (Å²) < 4.78 is 12.8. The van der Waals surface area contributed by atoms with Gasteiger partial charge in [-0.2, -0.15) is 0 Å². The van der Waals surface area contributed by atoms with E-state index in [0.717, 1.165) is 5.56 Å². The van der Waals surface area contributed by atoms with Gasteiger partial charge < -0.3 is 14.3 Å². The van der Waals surface area contributed by atoms with Crippen LogP contribution >= 0.6 is 0 Å². The maximum atomic E-state index is 9.91. The standard InChI is InChI=1S/C20H31NO3Si/c1-19(2,3)25(4,5)23-14-18(17-10-7-6-8-11-17)24-20(16-22)12-9-13-21-15-20/h6-13,18,22H,14-16H2,1-5H3. The van der Waals surface area contributed by atoms with Crippen LogP contribution in [0.5, 0.6) is 0 Å². The number of rotatable bonds is 7. The number of nitrogens with zero attached hydrogens (tertiary/aromatic N) is 1. The van der Waals surface area contributed by atoms with Crippen molar-refractivity contribution in [3.63, 3.8) is 0 Å². The van der Waals surface area contributed by atoms with Crippen LogP contribution in [-0.4, -0.2) is 45.0 Å². The molecule has 1 aliphatic rings. The summed E-state index contributed by atoms with van der Waals surface area (Å²) in [6.07, 6.45) is 5.21. The van der Waals surface area contributed by atoms with Gasteiger partial charge in [0.05, 0.1) is 19.8 Å². The molecule has 1 N–H and O–H groups in total. The zero-order chi connectivity index (χ0) is 18.6. The smallest absolute Gasteiger partial charge is 0.192 e. The lowest BCUT2D eigenvalue weighted by molar-refractivity contribution is -0.101. The number of ether oxygens (including phenoxy) is 1. The predicted octanol–water partition coefficient (Wildman–Crippen LogP) is 4.14. The highest BCUT2D eigenvalue weighted by atomic mass is 28.4. The first kappa shape index (κ1) is 20.0. The van der Waals surface area contributed by atoms with Gasteiger partial charge in [-0.15, -0.1) is 0 Å². The van der Waals surface area contributed by atoms with Gasteiger partial charge in [0.1, 0.15) is 11.7 Å². The minimum atomic E-state index is -1.89. The molecule has 1 heterocycles. The number of aliphatic hydroxyl groups excluding tert-OH is 1. The van der Waals surface area contributed by atoms with E-state index in [9.17, 15) is 5.11 Å². The maximum absolute atomic E-state index is 9.91. The van der Waals surface area contributed by atoms with Crippen molar-refractivity contribution in [2.75, 3.05) is 19.8 Å². The Morgan fingerprint density at radius 1 is 1.24 bits per heavy atom. The molecule has 0 saturated heterocycles. The molecule has 0 aliphatic carbocycles. The summed E-state index contributed by atoms with van der Waals surface area (Å²) in [6, 6.07) is 10.1. The number of dihydropyridines is 1. The highest BCUT2D eigenvalue weighted by Crippen LogP contribution is 2.38. The van der Waals surface area contributed by atoms with Gasteiger partial charge in [-0.3, -0.25) is 4.99 Å². The summed E-state index contributed by atoms with van der Waals surface area (Å²) in [5, 5.41) is 10.0. The Balaban J connectivity index is 2.20. The van der Waals surface area contributed by atoms with Crippen molar-refractivity contribution < 1.29 is 14.3 Å². The van der Waals surface area contributed by atoms with E-state index in [1.807, 2.05) is 42.5 Å². The minimum absolute atomic E-state index is 0.107. The zero-order valence-corrected chi connectivity index (χ0v) is 17.0. The minimum Gasteiger partial charge on any atom is -0.414 e. The van der Waals surface area contributed by atoms with Gasteiger partial charge in [0.25, 0.3) is 0 Å². The number of benzene rings is 1. The van der Waals surface area contributed by atoms with Crippen LogP contribution in [0.1, 0.15) is 32.4 Å². The second-order valence-corrected chi connectivity index (χ2v) is 13.0. The molecular formula is C20H31NO3Si. The number of allylic oxidation sites excluding steroid dienone is 1. The Morgan fingerprint density at radius 3 is 2.44 bits per heavy atom. The molecule has 0 spiro atoms. The first-order valence-corrected chi connectivity index (χ1v) is 11.8. The molecule has 1 aliphatic heterocycles. The van der Waals surface area contributed by atoms with Gasteiger partial charge in [0, 0.05) is 6.21 Å². The van der Waals surface area contributed by atoms with Gasteiger partial charge in [-0.1, -0.05) is 51.1 Å². The average Bonchev–Trinajstić information content (AvgIpc) is 2.59. The Bertz CT molecular complexity index is 607. The van der Waals surface area contributed by atoms with E-state index in [2.05, 4.69) is 38.9 Å². The second kappa shape index (κ2) is 7.95. The summed E-state index contributed by atoms with van der Waals surface area (Å²) in [4.78, 5) is 4.27. The molecule has 1 aromatic rings. The van der Waals surface area contributed by atoms with Crippen molar-refractivity contribution in [2.24, 2.45) is 4.99 Å². The molecule has 138 valence electrons. The third-order valence-electron chi connectivity index (χ3n) is 5.17. The molecule has 1 aromatic carbocycles. The SMILES string of the molecule is CC(C)(C)[Si](C)(C)OCC(OC1(CO)C=CC=NC1)c1ccccc1. The highest BCUT2D eigenvalue weighted by molar-refractivity contribution is 6.74. The molecule has 25 heavy (non-hydrogen) atoms. The molecule has 0 amide bonds. The van der Waals surface area contributed by atoms with Crippen molar-refractivity contribution >= 4 is 14.5 Å². The van der Waals surface area contributed by atoms with Crippen molar-refractivity contribution in [1.29, 1.82) is 0 Å². The van der Waals surface area contributed by atoms with E-state index in [-0.39, 0.29) is 17.7 Å². The van der Waals surface area contributed by atoms with E-state index >= 15 is 0 Å². The predicted molar refractivity (Wildman–Crippen MR) is 106 cm³/mol. The van der Waals surface area contributed by atoms with Crippen molar-refractivity contribution in [1.82, 2.24) is 0 Å². The molecule has 0 bridgehead atoms. The van der Waals surface area contributed by atoms with Crippen LogP contribution in [0.4, 0.5) is 0 Å². The fourth-order valence-corrected chi connectivity index (χ4v) is 3.41. The number of hydrogen-bond acceptors (Lipinski definition) is 4. The third kappa shape index (κ3) is 5.11. The van der Waals surface area contributed by atoms with Crippen LogP contribution in [0, 0.1) is 0 Å². The Morgan fingerprint density at radius 2 is 1.92 bits per heavy atom. The van der Waals surface area contributed by atoms with Gasteiger partial charge in [0.15, 0.2) is 8.32 Å². The fraction of sp³-hybridized carbons (Fsp3) is 0.550. The van der Waals surface area contributed by atoms with Crippen molar-refractivity contribution in [3.05, 3.63) is 48.0 Å². The molecule has 5 heteroatoms. The molecule has 0 saturated carbocycles. The monoisotopic (exact) mass is 361 g/mol. The lowest BCUT2D eigenvalue weighted by Gasteiger charge is -2.39. The van der Waals surface area contributed by atoms with E-state index in [0.29, 0.717) is 13.2 Å². The highest BCUT2D eigenvalue weighted by Gasteiger charge is 2.39. The zero-order valence-electron chi connectivity index (χ0n) is 16.0. The summed E-state index contributed by atoms with van der Waals surface area (Å²) in [5.41, 5.74) is 0.267. The summed E-state index contributed by atoms with van der Waals surface area (Å²) in [6.45, 7) is 11.9. The van der Waals surface area contributed by atoms with Gasteiger partial charge >= 0.3 is 0 Å². The lowest BCUT2D eigenvalue weighted by Crippen LogP contribution is -2.44. The molecule has 2 rings (SSSR count). The Kier molecular flexibility index (Phi) is 6.38. The van der Waals surface area contributed by atoms with E-state index in [1.54, 1.807) is 6.21 Å². The molecule has 4 nitrogen and oxygen atoms in total. The van der Waals surface area contributed by atoms with Crippen LogP contribution < -0.4 is 0 Å². The fourth-order valence-electron chi connectivity index (χ4n) is 2.41. The topological polar surface area (TPSA) is 51.0 Å². The van der Waals surface area contributed by atoms with Gasteiger partial charge in [-0.05, 0) is 35.8 Å². The first-order valence-electron chi connectivity index (χ1n) is 8.84. The molecule has 2 unspecified atom stereocenters. The third-order valence-corrected chi connectivity index (χ3v) is 9.67. The summed E-state index contributed by atoms with van der Waals surface area (Å²) in [5.74, 6) is 0. The Labute approximate surface area is 152 Å². The van der Waals surface area contributed by atoms with E-state index in [1.165, 1.54) is 0 Å². The van der Waals surface area contributed by atoms with Crippen LogP contribution in [0.15, 0.2) is 47.5 Å². The van der Waals surface area contributed by atoms with Crippen LogP contribution in [0.2, 0.25) is 18.1 Å². The largest absolute Gasteiger partial charge is 0.414 e. The van der Waals surface area contributed by atoms with E-state index in [4.69, 9.17) is 9.16 Å². The first-order chi connectivity index (χ1) is 11.7. The van der Waals surface area contributed by atoms with Crippen LogP contribution in [0.25, 0.3) is 0 Å². The van der Waals surface area contributed by atoms with Crippen LogP contribution in [0.3, 0.4) is 0 Å². The quantitative estimate of drug-likeness (QED) is 0.743. The summed E-state index contributed by atoms with van der Waals surface area (Å²) >= 11 is 0. The molecule has 0 radical (unpaired) electrons. The molecule has 0 aromatic heterocycles. The number of hydrogen-bond donors (Lipinski definition) is 1. The number of aliphatic imine (C=N–C) groups is 1. The van der Waals surface area contributed by atoms with Crippen LogP contribution in [-0.2, 0) is 9.16 Å². The average molecular weight is 362 g/mol.